The monoisotopic (exact) mass is 286 g/mol. The van der Waals surface area contributed by atoms with Gasteiger partial charge in [0.2, 0.25) is 0 Å². The summed E-state index contributed by atoms with van der Waals surface area (Å²) in [6, 6.07) is 3.71. The van der Waals surface area contributed by atoms with E-state index in [1.807, 2.05) is 19.1 Å². The molecule has 2 aromatic rings. The molecule has 1 saturated heterocycles. The van der Waals surface area contributed by atoms with Gasteiger partial charge in [0.05, 0.1) is 30.1 Å². The van der Waals surface area contributed by atoms with Gasteiger partial charge in [-0.05, 0) is 31.0 Å². The number of pyridine rings is 1. The third-order valence-corrected chi connectivity index (χ3v) is 3.81. The van der Waals surface area contributed by atoms with Gasteiger partial charge in [0, 0.05) is 24.9 Å². The zero-order valence-corrected chi connectivity index (χ0v) is 11.9. The van der Waals surface area contributed by atoms with Crippen LogP contribution in [0.4, 0.5) is 0 Å². The molecule has 3 heterocycles. The first-order valence-corrected chi connectivity index (χ1v) is 7.07. The van der Waals surface area contributed by atoms with Crippen LogP contribution in [0.5, 0.6) is 0 Å². The smallest absolute Gasteiger partial charge is 0.255 e. The molecule has 1 amide bonds. The van der Waals surface area contributed by atoms with Crippen molar-refractivity contribution in [2.24, 2.45) is 0 Å². The molecule has 0 aliphatic carbocycles. The third kappa shape index (κ3) is 2.95. The summed E-state index contributed by atoms with van der Waals surface area (Å²) >= 11 is 0. The molecule has 110 valence electrons. The number of ether oxygens (including phenoxy) is 1. The number of aromatic nitrogens is 3. The van der Waals surface area contributed by atoms with Crippen LogP contribution in [0.1, 0.15) is 46.9 Å². The van der Waals surface area contributed by atoms with Crippen molar-refractivity contribution in [3.8, 4) is 0 Å². The van der Waals surface area contributed by atoms with Crippen molar-refractivity contribution in [2.45, 2.75) is 25.3 Å². The molecule has 2 N–H and O–H groups in total. The number of amides is 1. The molecule has 0 aromatic carbocycles. The molecular formula is C15H18N4O2. The molecule has 3 rings (SSSR count). The molecule has 6 heteroatoms. The first-order valence-electron chi connectivity index (χ1n) is 7.07. The molecule has 2 atom stereocenters. The second kappa shape index (κ2) is 6.05. The van der Waals surface area contributed by atoms with Gasteiger partial charge < -0.3 is 10.1 Å². The standard InChI is InChI=1S/C15H18N4O2/c1-10(11-2-5-16-6-3-11)18-15(20)13-8-17-19-14(13)12-4-7-21-9-12/h2-3,5-6,8,10,12H,4,7,9H2,1H3,(H,17,19)(H,18,20)/t10-,12+/m0/s1. The van der Waals surface area contributed by atoms with Crippen molar-refractivity contribution in [3.05, 3.63) is 47.5 Å². The fourth-order valence-corrected chi connectivity index (χ4v) is 2.56. The average molecular weight is 286 g/mol. The maximum absolute atomic E-state index is 12.4. The second-order valence-electron chi connectivity index (χ2n) is 5.23. The van der Waals surface area contributed by atoms with E-state index in [4.69, 9.17) is 4.74 Å². The molecular weight excluding hydrogens is 268 g/mol. The van der Waals surface area contributed by atoms with Crippen molar-refractivity contribution in [1.82, 2.24) is 20.5 Å². The average Bonchev–Trinajstić information content (AvgIpc) is 3.18. The second-order valence-corrected chi connectivity index (χ2v) is 5.23. The normalized spacial score (nSPS) is 19.4. The van der Waals surface area contributed by atoms with Gasteiger partial charge in [0.1, 0.15) is 0 Å². The summed E-state index contributed by atoms with van der Waals surface area (Å²) in [5.74, 6) is 0.111. The Balaban J connectivity index is 1.72. The summed E-state index contributed by atoms with van der Waals surface area (Å²) in [5.41, 5.74) is 2.49. The Morgan fingerprint density at radius 3 is 3.00 bits per heavy atom. The van der Waals surface area contributed by atoms with Crippen LogP contribution in [-0.4, -0.2) is 34.3 Å². The Kier molecular flexibility index (Phi) is 3.96. The predicted octanol–water partition coefficient (Wildman–Crippen LogP) is 1.80. The van der Waals surface area contributed by atoms with E-state index in [-0.39, 0.29) is 17.9 Å². The predicted molar refractivity (Wildman–Crippen MR) is 76.9 cm³/mol. The highest BCUT2D eigenvalue weighted by atomic mass is 16.5. The lowest BCUT2D eigenvalue weighted by molar-refractivity contribution is 0.0938. The van der Waals surface area contributed by atoms with E-state index < -0.39 is 0 Å². The quantitative estimate of drug-likeness (QED) is 0.898. The van der Waals surface area contributed by atoms with Gasteiger partial charge in [-0.1, -0.05) is 0 Å². The maximum atomic E-state index is 12.4. The minimum absolute atomic E-state index is 0.0805. The van der Waals surface area contributed by atoms with Gasteiger partial charge in [0.15, 0.2) is 0 Å². The largest absolute Gasteiger partial charge is 0.381 e. The Labute approximate surface area is 122 Å². The van der Waals surface area contributed by atoms with E-state index >= 15 is 0 Å². The van der Waals surface area contributed by atoms with E-state index in [0.717, 1.165) is 24.3 Å². The molecule has 0 radical (unpaired) electrons. The number of carbonyl (C=O) groups is 1. The number of rotatable bonds is 4. The minimum atomic E-state index is -0.116. The summed E-state index contributed by atoms with van der Waals surface area (Å²) in [4.78, 5) is 16.4. The van der Waals surface area contributed by atoms with Crippen LogP contribution in [0.3, 0.4) is 0 Å². The molecule has 6 nitrogen and oxygen atoms in total. The van der Waals surface area contributed by atoms with Gasteiger partial charge in [0.25, 0.3) is 5.91 Å². The Bertz CT molecular complexity index is 605. The number of carbonyl (C=O) groups excluding carboxylic acids is 1. The first-order chi connectivity index (χ1) is 10.3. The molecule has 0 unspecified atom stereocenters. The van der Waals surface area contributed by atoms with Crippen LogP contribution in [-0.2, 0) is 4.74 Å². The molecule has 1 fully saturated rings. The number of hydrogen-bond acceptors (Lipinski definition) is 4. The number of hydrogen-bond donors (Lipinski definition) is 2. The Morgan fingerprint density at radius 2 is 2.29 bits per heavy atom. The number of nitrogens with zero attached hydrogens (tertiary/aromatic N) is 2. The summed E-state index contributed by atoms with van der Waals surface area (Å²) < 4.78 is 5.38. The lowest BCUT2D eigenvalue weighted by atomic mass is 10.0. The summed E-state index contributed by atoms with van der Waals surface area (Å²) in [6.07, 6.45) is 5.94. The van der Waals surface area contributed by atoms with Gasteiger partial charge in [-0.3, -0.25) is 14.9 Å². The Hall–Kier alpha value is -2.21. The lowest BCUT2D eigenvalue weighted by Crippen LogP contribution is -2.27. The minimum Gasteiger partial charge on any atom is -0.381 e. The van der Waals surface area contributed by atoms with Gasteiger partial charge in [-0.15, -0.1) is 0 Å². The maximum Gasteiger partial charge on any atom is 0.255 e. The first kappa shape index (κ1) is 13.8. The third-order valence-electron chi connectivity index (χ3n) is 3.81. The summed E-state index contributed by atoms with van der Waals surface area (Å²) in [7, 11) is 0. The number of nitrogens with one attached hydrogen (secondary N) is 2. The number of H-pyrrole nitrogens is 1. The topological polar surface area (TPSA) is 79.9 Å². The zero-order valence-electron chi connectivity index (χ0n) is 11.9. The van der Waals surface area contributed by atoms with Crippen molar-refractivity contribution in [3.63, 3.8) is 0 Å². The molecule has 0 bridgehead atoms. The molecule has 21 heavy (non-hydrogen) atoms. The van der Waals surface area contributed by atoms with E-state index in [2.05, 4.69) is 20.5 Å². The van der Waals surface area contributed by atoms with E-state index in [9.17, 15) is 4.79 Å². The van der Waals surface area contributed by atoms with Crippen molar-refractivity contribution < 1.29 is 9.53 Å². The van der Waals surface area contributed by atoms with Crippen molar-refractivity contribution in [1.29, 1.82) is 0 Å². The molecule has 0 spiro atoms. The number of aromatic amines is 1. The SMILES string of the molecule is C[C@H](NC(=O)c1cn[nH]c1[C@@H]1CCOC1)c1ccncc1. The summed E-state index contributed by atoms with van der Waals surface area (Å²) in [6.45, 7) is 3.33. The molecule has 2 aromatic heterocycles. The van der Waals surface area contributed by atoms with Crippen LogP contribution in [0.2, 0.25) is 0 Å². The van der Waals surface area contributed by atoms with Crippen LogP contribution < -0.4 is 5.32 Å². The van der Waals surface area contributed by atoms with Crippen LogP contribution in [0.15, 0.2) is 30.7 Å². The highest BCUT2D eigenvalue weighted by Gasteiger charge is 2.25. The van der Waals surface area contributed by atoms with Crippen molar-refractivity contribution in [2.75, 3.05) is 13.2 Å². The Morgan fingerprint density at radius 1 is 1.48 bits per heavy atom. The van der Waals surface area contributed by atoms with E-state index in [1.54, 1.807) is 18.6 Å². The molecule has 1 aliphatic rings. The highest BCUT2D eigenvalue weighted by Crippen LogP contribution is 2.26. The highest BCUT2D eigenvalue weighted by molar-refractivity contribution is 5.95. The molecule has 0 saturated carbocycles. The van der Waals surface area contributed by atoms with Crippen molar-refractivity contribution >= 4 is 5.91 Å². The lowest BCUT2D eigenvalue weighted by Gasteiger charge is -2.15. The van der Waals surface area contributed by atoms with Gasteiger partial charge in [-0.2, -0.15) is 5.10 Å². The van der Waals surface area contributed by atoms with Crippen LogP contribution >= 0.6 is 0 Å². The fourth-order valence-electron chi connectivity index (χ4n) is 2.56. The molecule has 1 aliphatic heterocycles. The zero-order chi connectivity index (χ0) is 14.7. The fraction of sp³-hybridized carbons (Fsp3) is 0.400. The van der Waals surface area contributed by atoms with Gasteiger partial charge >= 0.3 is 0 Å². The van der Waals surface area contributed by atoms with E-state index in [0.29, 0.717) is 12.2 Å². The van der Waals surface area contributed by atoms with Crippen LogP contribution in [0, 0.1) is 0 Å². The van der Waals surface area contributed by atoms with Crippen LogP contribution in [0.25, 0.3) is 0 Å². The van der Waals surface area contributed by atoms with E-state index in [1.165, 1.54) is 0 Å². The van der Waals surface area contributed by atoms with Gasteiger partial charge in [-0.25, -0.2) is 0 Å². The summed E-state index contributed by atoms with van der Waals surface area (Å²) in [5, 5.41) is 9.95.